The lowest BCUT2D eigenvalue weighted by atomic mass is 10.2. The van der Waals surface area contributed by atoms with Crippen molar-refractivity contribution in [1.82, 2.24) is 0 Å². The zero-order chi connectivity index (χ0) is 14.3. The summed E-state index contributed by atoms with van der Waals surface area (Å²) >= 11 is 11.7. The largest absolute Gasteiger partial charge is 0.456 e. The van der Waals surface area contributed by atoms with Gasteiger partial charge >= 0.3 is 7.75 Å². The standard InChI is InChI=1S/C12H18Cl2NO3P/c1-2-3-4-5-8-17-19(15,16)18-12-9-10(13)6-7-11(12)14/h6-7,9H,2-5,8H2,1H3,(H2,15,16). The number of hydrogen-bond donors (Lipinski definition) is 1. The van der Waals surface area contributed by atoms with E-state index in [0.717, 1.165) is 25.7 Å². The maximum atomic E-state index is 11.9. The molecule has 0 heterocycles. The van der Waals surface area contributed by atoms with Gasteiger partial charge < -0.3 is 4.52 Å². The molecule has 0 bridgehead atoms. The summed E-state index contributed by atoms with van der Waals surface area (Å²) in [6.07, 6.45) is 4.03. The molecule has 1 atom stereocenters. The van der Waals surface area contributed by atoms with Gasteiger partial charge in [0.1, 0.15) is 0 Å². The summed E-state index contributed by atoms with van der Waals surface area (Å²) in [5.74, 6) is 0.161. The van der Waals surface area contributed by atoms with Crippen LogP contribution in [0.5, 0.6) is 5.75 Å². The first-order valence-electron chi connectivity index (χ1n) is 6.12. The lowest BCUT2D eigenvalue weighted by Gasteiger charge is -2.15. The Morgan fingerprint density at radius 1 is 1.26 bits per heavy atom. The maximum absolute atomic E-state index is 11.9. The number of unbranched alkanes of at least 4 members (excludes halogenated alkanes) is 3. The molecule has 1 aromatic carbocycles. The topological polar surface area (TPSA) is 61.5 Å². The molecule has 7 heteroatoms. The summed E-state index contributed by atoms with van der Waals surface area (Å²) in [7, 11) is -3.65. The predicted octanol–water partition coefficient (Wildman–Crippen LogP) is 5.04. The molecule has 0 aliphatic carbocycles. The van der Waals surface area contributed by atoms with Gasteiger partial charge in [0.25, 0.3) is 0 Å². The molecule has 1 rings (SSSR count). The Balaban J connectivity index is 2.49. The Hall–Kier alpha value is -0.250. The third-order valence-electron chi connectivity index (χ3n) is 2.39. The highest BCUT2D eigenvalue weighted by Crippen LogP contribution is 2.43. The van der Waals surface area contributed by atoms with Crippen molar-refractivity contribution in [2.45, 2.75) is 32.6 Å². The average Bonchev–Trinajstić information content (AvgIpc) is 2.33. The molecule has 1 unspecified atom stereocenters. The smallest absolute Gasteiger partial charge is 0.412 e. The lowest BCUT2D eigenvalue weighted by Crippen LogP contribution is -2.07. The van der Waals surface area contributed by atoms with Gasteiger partial charge in [0, 0.05) is 11.1 Å². The van der Waals surface area contributed by atoms with Gasteiger partial charge in [-0.1, -0.05) is 49.4 Å². The second kappa shape index (κ2) is 8.13. The van der Waals surface area contributed by atoms with Crippen molar-refractivity contribution in [2.75, 3.05) is 6.61 Å². The van der Waals surface area contributed by atoms with Gasteiger partial charge in [-0.3, -0.25) is 4.52 Å². The molecule has 0 amide bonds. The highest BCUT2D eigenvalue weighted by molar-refractivity contribution is 7.51. The Kier molecular flexibility index (Phi) is 7.19. The zero-order valence-electron chi connectivity index (χ0n) is 10.8. The third kappa shape index (κ3) is 6.64. The number of rotatable bonds is 8. The van der Waals surface area contributed by atoms with Crippen LogP contribution in [0, 0.1) is 0 Å². The second-order valence-electron chi connectivity index (χ2n) is 4.10. The van der Waals surface area contributed by atoms with Crippen molar-refractivity contribution in [3.63, 3.8) is 0 Å². The number of benzene rings is 1. The Morgan fingerprint density at radius 3 is 2.68 bits per heavy atom. The van der Waals surface area contributed by atoms with E-state index in [0.29, 0.717) is 11.6 Å². The first-order valence-corrected chi connectivity index (χ1v) is 8.49. The van der Waals surface area contributed by atoms with Crippen LogP contribution in [-0.2, 0) is 9.09 Å². The molecule has 0 radical (unpaired) electrons. The first-order chi connectivity index (χ1) is 8.94. The van der Waals surface area contributed by atoms with E-state index in [4.69, 9.17) is 37.8 Å². The van der Waals surface area contributed by atoms with Crippen molar-refractivity contribution in [2.24, 2.45) is 5.50 Å². The molecule has 4 nitrogen and oxygen atoms in total. The minimum atomic E-state index is -3.65. The highest BCUT2D eigenvalue weighted by Gasteiger charge is 2.21. The minimum Gasteiger partial charge on any atom is -0.412 e. The molecule has 0 spiro atoms. The fourth-order valence-corrected chi connectivity index (χ4v) is 2.66. The molecule has 0 aliphatic rings. The predicted molar refractivity (Wildman–Crippen MR) is 79.0 cm³/mol. The minimum absolute atomic E-state index is 0.161. The van der Waals surface area contributed by atoms with Crippen LogP contribution >= 0.6 is 30.9 Å². The number of hydrogen-bond acceptors (Lipinski definition) is 3. The highest BCUT2D eigenvalue weighted by atomic mass is 35.5. The fourth-order valence-electron chi connectivity index (χ4n) is 1.43. The summed E-state index contributed by atoms with van der Waals surface area (Å²) in [6, 6.07) is 4.59. The average molecular weight is 326 g/mol. The summed E-state index contributed by atoms with van der Waals surface area (Å²) in [4.78, 5) is 0. The van der Waals surface area contributed by atoms with Crippen LogP contribution in [-0.4, -0.2) is 6.61 Å². The van der Waals surface area contributed by atoms with E-state index in [1.165, 1.54) is 6.07 Å². The molecular formula is C12H18Cl2NO3P. The van der Waals surface area contributed by atoms with Crippen LogP contribution in [0.15, 0.2) is 18.2 Å². The van der Waals surface area contributed by atoms with Gasteiger partial charge in [-0.05, 0) is 18.6 Å². The third-order valence-corrected chi connectivity index (χ3v) is 3.93. The molecule has 0 aliphatic heterocycles. The Morgan fingerprint density at radius 2 is 2.00 bits per heavy atom. The molecule has 0 saturated heterocycles. The summed E-state index contributed by atoms with van der Waals surface area (Å²) in [6.45, 7) is 2.41. The lowest BCUT2D eigenvalue weighted by molar-refractivity contribution is 0.258. The van der Waals surface area contributed by atoms with Crippen molar-refractivity contribution in [3.05, 3.63) is 28.2 Å². The van der Waals surface area contributed by atoms with Crippen LogP contribution in [0.3, 0.4) is 0 Å². The van der Waals surface area contributed by atoms with Gasteiger partial charge in [0.15, 0.2) is 5.75 Å². The van der Waals surface area contributed by atoms with E-state index in [1.54, 1.807) is 12.1 Å². The first kappa shape index (κ1) is 16.8. The monoisotopic (exact) mass is 325 g/mol. The van der Waals surface area contributed by atoms with Gasteiger partial charge in [-0.25, -0.2) is 10.1 Å². The summed E-state index contributed by atoms with van der Waals surface area (Å²) < 4.78 is 22.1. The van der Waals surface area contributed by atoms with E-state index >= 15 is 0 Å². The molecular weight excluding hydrogens is 308 g/mol. The zero-order valence-corrected chi connectivity index (χ0v) is 13.2. The normalized spacial score (nSPS) is 14.1. The van der Waals surface area contributed by atoms with Crippen LogP contribution in [0.1, 0.15) is 32.6 Å². The quantitative estimate of drug-likeness (QED) is 0.537. The van der Waals surface area contributed by atoms with Crippen molar-refractivity contribution < 1.29 is 13.6 Å². The Bertz CT molecular complexity index is 457. The van der Waals surface area contributed by atoms with Crippen molar-refractivity contribution >= 4 is 30.9 Å². The van der Waals surface area contributed by atoms with Gasteiger partial charge in [-0.15, -0.1) is 0 Å². The van der Waals surface area contributed by atoms with Crippen LogP contribution in [0.2, 0.25) is 10.0 Å². The van der Waals surface area contributed by atoms with Crippen molar-refractivity contribution in [3.8, 4) is 5.75 Å². The van der Waals surface area contributed by atoms with E-state index in [9.17, 15) is 4.57 Å². The van der Waals surface area contributed by atoms with Gasteiger partial charge in [0.2, 0.25) is 0 Å². The van der Waals surface area contributed by atoms with E-state index in [2.05, 4.69) is 6.92 Å². The molecule has 0 aromatic heterocycles. The Labute approximate surface area is 123 Å². The molecule has 2 N–H and O–H groups in total. The molecule has 1 aromatic rings. The molecule has 0 fully saturated rings. The number of nitrogens with two attached hydrogens (primary N) is 1. The molecule has 19 heavy (non-hydrogen) atoms. The maximum Gasteiger partial charge on any atom is 0.456 e. The van der Waals surface area contributed by atoms with Crippen molar-refractivity contribution in [1.29, 1.82) is 0 Å². The van der Waals surface area contributed by atoms with E-state index in [-0.39, 0.29) is 10.8 Å². The SMILES string of the molecule is CCCCCCOP(N)(=O)Oc1cc(Cl)ccc1Cl. The fraction of sp³-hybridized carbons (Fsp3) is 0.500. The van der Waals surface area contributed by atoms with Crippen LogP contribution in [0.4, 0.5) is 0 Å². The van der Waals surface area contributed by atoms with Crippen LogP contribution in [0.25, 0.3) is 0 Å². The second-order valence-corrected chi connectivity index (χ2v) is 6.46. The number of halogens is 2. The summed E-state index contributed by atoms with van der Waals surface area (Å²) in [5.41, 5.74) is 5.49. The molecule has 0 saturated carbocycles. The van der Waals surface area contributed by atoms with Gasteiger partial charge in [0.05, 0.1) is 11.6 Å². The van der Waals surface area contributed by atoms with Crippen LogP contribution < -0.4 is 10.0 Å². The van der Waals surface area contributed by atoms with Gasteiger partial charge in [-0.2, -0.15) is 0 Å². The van der Waals surface area contributed by atoms with E-state index in [1.807, 2.05) is 0 Å². The summed E-state index contributed by atoms with van der Waals surface area (Å²) in [5, 5.41) is 0.701. The molecule has 108 valence electrons. The van der Waals surface area contributed by atoms with E-state index < -0.39 is 7.75 Å².